The molecule has 45 heavy (non-hydrogen) atoms. The number of fused-ring (bicyclic) bond motifs is 2. The Bertz CT molecular complexity index is 1780. The molecule has 8 rings (SSSR count). The SMILES string of the molecule is COc1ccc2cc1Oc1ccc(cc1)C[C@H]1c3cc(c(OC)cc3CCN1C)Oc1c(O)c(OC)cc3c1C(C2)N(C)C=C3. The lowest BCUT2D eigenvalue weighted by atomic mass is 9.88. The fourth-order valence-electron chi connectivity index (χ4n) is 6.79. The van der Waals surface area contributed by atoms with Gasteiger partial charge in [-0.15, -0.1) is 0 Å². The summed E-state index contributed by atoms with van der Waals surface area (Å²) in [4.78, 5) is 4.52. The second-order valence-electron chi connectivity index (χ2n) is 11.9. The minimum absolute atomic E-state index is 0.0499. The Morgan fingerprint density at radius 2 is 1.47 bits per heavy atom. The molecule has 1 N–H and O–H groups in total. The molecule has 0 saturated carbocycles. The molecule has 0 saturated heterocycles. The third-order valence-corrected chi connectivity index (χ3v) is 9.32. The van der Waals surface area contributed by atoms with Crippen LogP contribution < -0.4 is 23.7 Å². The molecule has 4 heterocycles. The molecule has 2 atom stereocenters. The molecular weight excluding hydrogens is 568 g/mol. The van der Waals surface area contributed by atoms with Crippen molar-refractivity contribution in [2.24, 2.45) is 0 Å². The Balaban J connectivity index is 1.46. The summed E-state index contributed by atoms with van der Waals surface area (Å²) < 4.78 is 30.4. The smallest absolute Gasteiger partial charge is 0.201 e. The van der Waals surface area contributed by atoms with Gasteiger partial charge in [0.2, 0.25) is 5.75 Å². The molecule has 6 bridgehead atoms. The maximum Gasteiger partial charge on any atom is 0.201 e. The van der Waals surface area contributed by atoms with Crippen LogP contribution in [0.25, 0.3) is 6.08 Å². The zero-order valence-electron chi connectivity index (χ0n) is 26.3. The van der Waals surface area contributed by atoms with Gasteiger partial charge in [0.05, 0.1) is 27.4 Å². The normalized spacial score (nSPS) is 18.6. The summed E-state index contributed by atoms with van der Waals surface area (Å²) in [6.07, 6.45) is 6.40. The summed E-state index contributed by atoms with van der Waals surface area (Å²) >= 11 is 0. The first-order valence-electron chi connectivity index (χ1n) is 15.2. The number of phenols is 1. The number of nitrogens with zero attached hydrogens (tertiary/aromatic N) is 2. The molecule has 0 aromatic heterocycles. The Morgan fingerprint density at radius 1 is 0.756 bits per heavy atom. The van der Waals surface area contributed by atoms with Gasteiger partial charge in [0, 0.05) is 25.2 Å². The molecule has 8 nitrogen and oxygen atoms in total. The van der Waals surface area contributed by atoms with Gasteiger partial charge in [-0.05, 0) is 109 Å². The first-order chi connectivity index (χ1) is 21.9. The molecule has 232 valence electrons. The number of hydrogen-bond acceptors (Lipinski definition) is 8. The van der Waals surface area contributed by atoms with E-state index in [1.165, 1.54) is 16.7 Å². The molecule has 0 fully saturated rings. The number of hydrogen-bond donors (Lipinski definition) is 1. The second kappa shape index (κ2) is 11.6. The molecular formula is C37H38N2O6. The van der Waals surface area contributed by atoms with Crippen molar-refractivity contribution in [2.45, 2.75) is 31.3 Å². The van der Waals surface area contributed by atoms with Crippen LogP contribution in [0.5, 0.6) is 46.0 Å². The van der Waals surface area contributed by atoms with Crippen molar-refractivity contribution in [2.75, 3.05) is 42.0 Å². The largest absolute Gasteiger partial charge is 0.502 e. The lowest BCUT2D eigenvalue weighted by Crippen LogP contribution is -2.33. The van der Waals surface area contributed by atoms with Crippen molar-refractivity contribution in [3.8, 4) is 46.0 Å². The second-order valence-corrected chi connectivity index (χ2v) is 11.9. The van der Waals surface area contributed by atoms with Gasteiger partial charge in [0.15, 0.2) is 34.5 Å². The number of rotatable bonds is 3. The van der Waals surface area contributed by atoms with E-state index in [0.717, 1.165) is 41.8 Å². The van der Waals surface area contributed by atoms with Gasteiger partial charge in [0.1, 0.15) is 5.75 Å². The maximum atomic E-state index is 11.6. The van der Waals surface area contributed by atoms with Crippen molar-refractivity contribution in [1.82, 2.24) is 9.80 Å². The summed E-state index contributed by atoms with van der Waals surface area (Å²) in [5, 5.41) is 11.6. The predicted molar refractivity (Wildman–Crippen MR) is 173 cm³/mol. The summed E-state index contributed by atoms with van der Waals surface area (Å²) in [5.74, 6) is 3.87. The van der Waals surface area contributed by atoms with Crippen molar-refractivity contribution in [3.63, 3.8) is 0 Å². The van der Waals surface area contributed by atoms with Crippen LogP contribution in [0.15, 0.2) is 66.9 Å². The van der Waals surface area contributed by atoms with E-state index in [-0.39, 0.29) is 17.8 Å². The molecule has 1 unspecified atom stereocenters. The summed E-state index contributed by atoms with van der Waals surface area (Å²) in [6, 6.07) is 20.3. The van der Waals surface area contributed by atoms with E-state index in [9.17, 15) is 5.11 Å². The van der Waals surface area contributed by atoms with E-state index < -0.39 is 0 Å². The third kappa shape index (κ3) is 5.19. The minimum atomic E-state index is -0.168. The van der Waals surface area contributed by atoms with E-state index in [0.29, 0.717) is 40.9 Å². The number of ether oxygens (including phenoxy) is 5. The summed E-state index contributed by atoms with van der Waals surface area (Å²) in [5.41, 5.74) is 6.44. The average molecular weight is 607 g/mol. The predicted octanol–water partition coefficient (Wildman–Crippen LogP) is 7.29. The Hall–Kier alpha value is -4.82. The standard InChI is InChI=1S/C37H38N2O6/c1-38-14-12-24-19-31(42-4)33-21-27(24)28(38)16-22-6-9-26(10-7-22)44-32-18-23(8-11-30(32)41-3)17-29-35-25(13-15-39(29)2)20-34(43-5)36(40)37(35)45-33/h6-11,13,15,18-21,28-29,40H,12,14,16-17H2,1-5H3/t28-,29?/m0/s1. The fourth-order valence-corrected chi connectivity index (χ4v) is 6.79. The number of methoxy groups -OCH3 is 3. The quantitative estimate of drug-likeness (QED) is 0.261. The number of benzene rings is 4. The molecule has 4 aliphatic rings. The molecule has 4 aliphatic heterocycles. The van der Waals surface area contributed by atoms with Crippen LogP contribution in [0.2, 0.25) is 0 Å². The van der Waals surface area contributed by atoms with Crippen LogP contribution in [0.1, 0.15) is 45.5 Å². The van der Waals surface area contributed by atoms with Gasteiger partial charge in [-0.25, -0.2) is 0 Å². The monoisotopic (exact) mass is 606 g/mol. The lowest BCUT2D eigenvalue weighted by Gasteiger charge is -2.36. The van der Waals surface area contributed by atoms with Crippen LogP contribution in [-0.2, 0) is 19.3 Å². The van der Waals surface area contributed by atoms with Crippen molar-refractivity contribution in [1.29, 1.82) is 0 Å². The Morgan fingerprint density at radius 3 is 2.22 bits per heavy atom. The first-order valence-corrected chi connectivity index (χ1v) is 15.2. The highest BCUT2D eigenvalue weighted by atomic mass is 16.5. The van der Waals surface area contributed by atoms with Crippen LogP contribution in [0, 0.1) is 0 Å². The van der Waals surface area contributed by atoms with Gasteiger partial charge in [0.25, 0.3) is 0 Å². The van der Waals surface area contributed by atoms with Crippen molar-refractivity contribution >= 4 is 6.08 Å². The zero-order valence-corrected chi connectivity index (χ0v) is 26.3. The van der Waals surface area contributed by atoms with Crippen molar-refractivity contribution < 1.29 is 28.8 Å². The van der Waals surface area contributed by atoms with Crippen LogP contribution >= 0.6 is 0 Å². The average Bonchev–Trinajstić information content (AvgIpc) is 3.05. The van der Waals surface area contributed by atoms with Crippen LogP contribution in [0.4, 0.5) is 0 Å². The Kier molecular flexibility index (Phi) is 7.45. The minimum Gasteiger partial charge on any atom is -0.502 e. The number of phenolic OH excluding ortho intramolecular Hbond substituents is 1. The van der Waals surface area contributed by atoms with E-state index in [1.54, 1.807) is 21.3 Å². The van der Waals surface area contributed by atoms with Gasteiger partial charge in [-0.3, -0.25) is 4.90 Å². The van der Waals surface area contributed by atoms with Crippen LogP contribution in [0.3, 0.4) is 0 Å². The van der Waals surface area contributed by atoms with Crippen LogP contribution in [-0.4, -0.2) is 56.9 Å². The molecule has 0 amide bonds. The molecule has 0 aliphatic carbocycles. The van der Waals surface area contributed by atoms with Gasteiger partial charge >= 0.3 is 0 Å². The summed E-state index contributed by atoms with van der Waals surface area (Å²) in [7, 11) is 9.06. The van der Waals surface area contributed by atoms with Gasteiger partial charge in [-0.2, -0.15) is 0 Å². The van der Waals surface area contributed by atoms with E-state index in [4.69, 9.17) is 23.7 Å². The van der Waals surface area contributed by atoms with E-state index in [1.807, 2.05) is 55.7 Å². The van der Waals surface area contributed by atoms with E-state index in [2.05, 4.69) is 41.1 Å². The number of likely N-dealkylation sites (N-methyl/N-ethyl adjacent to an activating group) is 2. The fraction of sp³-hybridized carbons (Fsp3) is 0.297. The van der Waals surface area contributed by atoms with Crippen molar-refractivity contribution in [3.05, 3.63) is 100 Å². The molecule has 4 aromatic rings. The topological polar surface area (TPSA) is 72.9 Å². The molecule has 8 heteroatoms. The maximum absolute atomic E-state index is 11.6. The third-order valence-electron chi connectivity index (χ3n) is 9.32. The molecule has 4 aromatic carbocycles. The number of aromatic hydroxyl groups is 1. The first kappa shape index (κ1) is 28.9. The van der Waals surface area contributed by atoms with Gasteiger partial charge < -0.3 is 33.7 Å². The highest BCUT2D eigenvalue weighted by molar-refractivity contribution is 5.70. The molecule has 0 spiro atoms. The lowest BCUT2D eigenvalue weighted by molar-refractivity contribution is 0.228. The highest BCUT2D eigenvalue weighted by Gasteiger charge is 2.32. The summed E-state index contributed by atoms with van der Waals surface area (Å²) in [6.45, 7) is 0.933. The Labute approximate surface area is 264 Å². The molecule has 0 radical (unpaired) electrons. The van der Waals surface area contributed by atoms with Gasteiger partial charge in [-0.1, -0.05) is 18.2 Å². The van der Waals surface area contributed by atoms with E-state index >= 15 is 0 Å². The zero-order chi connectivity index (χ0) is 31.2. The highest BCUT2D eigenvalue weighted by Crippen LogP contribution is 2.51.